The van der Waals surface area contributed by atoms with Gasteiger partial charge in [-0.15, -0.1) is 0 Å². The molecule has 0 radical (unpaired) electrons. The first kappa shape index (κ1) is 11.4. The van der Waals surface area contributed by atoms with Crippen LogP contribution in [0.5, 0.6) is 0 Å². The molecule has 0 aliphatic heterocycles. The van der Waals surface area contributed by atoms with Crippen LogP contribution in [0, 0.1) is 0 Å². The molecule has 2 rings (SSSR count). The van der Waals surface area contributed by atoms with Crippen molar-refractivity contribution in [2.75, 3.05) is 0 Å². The van der Waals surface area contributed by atoms with Gasteiger partial charge in [0.15, 0.2) is 0 Å². The summed E-state index contributed by atoms with van der Waals surface area (Å²) in [7, 11) is 0. The van der Waals surface area contributed by atoms with Crippen LogP contribution in [0.1, 0.15) is 31.2 Å². The molecule has 3 heteroatoms. The maximum Gasteiger partial charge on any atom is 0.0462 e. The molecule has 0 unspecified atom stereocenters. The summed E-state index contributed by atoms with van der Waals surface area (Å²) in [4.78, 5) is 0. The predicted octanol–water partition coefficient (Wildman–Crippen LogP) is 4.13. The lowest BCUT2D eigenvalue weighted by atomic mass is 10.2. The van der Waals surface area contributed by atoms with Gasteiger partial charge in [-0.3, -0.25) is 0 Å². The Bertz CT molecular complexity index is 334. The molecule has 0 saturated heterocycles. The van der Waals surface area contributed by atoms with Gasteiger partial charge in [-0.2, -0.15) is 0 Å². The van der Waals surface area contributed by atoms with Crippen molar-refractivity contribution in [3.63, 3.8) is 0 Å². The van der Waals surface area contributed by atoms with E-state index in [4.69, 9.17) is 11.6 Å². The SMILES string of the molecule is Clc1cc(Br)ccc1CNC1CCCC1. The highest BCUT2D eigenvalue weighted by atomic mass is 79.9. The Labute approximate surface area is 104 Å². The van der Waals surface area contributed by atoms with Crippen molar-refractivity contribution in [2.24, 2.45) is 0 Å². The molecular weight excluding hydrogens is 273 g/mol. The van der Waals surface area contributed by atoms with Gasteiger partial charge in [-0.1, -0.05) is 46.4 Å². The lowest BCUT2D eigenvalue weighted by Crippen LogP contribution is -2.25. The van der Waals surface area contributed by atoms with E-state index in [9.17, 15) is 0 Å². The van der Waals surface area contributed by atoms with Crippen LogP contribution in [-0.4, -0.2) is 6.04 Å². The fourth-order valence-corrected chi connectivity index (χ4v) is 2.79. The van der Waals surface area contributed by atoms with Crippen molar-refractivity contribution in [1.29, 1.82) is 0 Å². The van der Waals surface area contributed by atoms with Crippen molar-refractivity contribution < 1.29 is 0 Å². The minimum atomic E-state index is 0.699. The van der Waals surface area contributed by atoms with E-state index >= 15 is 0 Å². The standard InChI is InChI=1S/C12H15BrClN/c13-10-6-5-9(12(14)7-10)8-15-11-3-1-2-4-11/h5-7,11,15H,1-4,8H2. The van der Waals surface area contributed by atoms with E-state index in [1.54, 1.807) is 0 Å². The average Bonchev–Trinajstić information content (AvgIpc) is 2.69. The summed E-state index contributed by atoms with van der Waals surface area (Å²) in [5, 5.41) is 4.40. The van der Waals surface area contributed by atoms with Gasteiger partial charge in [0, 0.05) is 22.1 Å². The van der Waals surface area contributed by atoms with E-state index in [0.717, 1.165) is 16.0 Å². The normalized spacial score (nSPS) is 17.2. The molecule has 1 saturated carbocycles. The molecule has 1 aliphatic carbocycles. The van der Waals surface area contributed by atoms with Crippen LogP contribution in [-0.2, 0) is 6.54 Å². The molecule has 0 atom stereocenters. The van der Waals surface area contributed by atoms with E-state index in [-0.39, 0.29) is 0 Å². The number of nitrogens with one attached hydrogen (secondary N) is 1. The minimum Gasteiger partial charge on any atom is -0.310 e. The van der Waals surface area contributed by atoms with Crippen LogP contribution in [0.4, 0.5) is 0 Å². The zero-order valence-electron chi connectivity index (χ0n) is 8.60. The van der Waals surface area contributed by atoms with E-state index in [0.29, 0.717) is 6.04 Å². The second kappa shape index (κ2) is 5.33. The number of halogens is 2. The van der Waals surface area contributed by atoms with E-state index in [1.165, 1.54) is 31.2 Å². The molecule has 1 nitrogen and oxygen atoms in total. The van der Waals surface area contributed by atoms with E-state index < -0.39 is 0 Å². The quantitative estimate of drug-likeness (QED) is 0.881. The van der Waals surface area contributed by atoms with E-state index in [1.807, 2.05) is 12.1 Å². The van der Waals surface area contributed by atoms with Gasteiger partial charge in [0.2, 0.25) is 0 Å². The molecule has 1 aromatic carbocycles. The highest BCUT2D eigenvalue weighted by molar-refractivity contribution is 9.10. The van der Waals surface area contributed by atoms with Crippen LogP contribution < -0.4 is 5.32 Å². The summed E-state index contributed by atoms with van der Waals surface area (Å²) in [5.74, 6) is 0. The molecule has 1 aliphatic rings. The summed E-state index contributed by atoms with van der Waals surface area (Å²) in [6, 6.07) is 6.77. The van der Waals surface area contributed by atoms with E-state index in [2.05, 4.69) is 27.3 Å². The zero-order chi connectivity index (χ0) is 10.7. The predicted molar refractivity (Wildman–Crippen MR) is 68.2 cm³/mol. The summed E-state index contributed by atoms with van der Waals surface area (Å²) < 4.78 is 1.04. The molecule has 1 fully saturated rings. The zero-order valence-corrected chi connectivity index (χ0v) is 10.9. The Hall–Kier alpha value is -0.0500. The fraction of sp³-hybridized carbons (Fsp3) is 0.500. The maximum atomic E-state index is 6.14. The van der Waals surface area contributed by atoms with Gasteiger partial charge in [-0.25, -0.2) is 0 Å². The van der Waals surface area contributed by atoms with Crippen LogP contribution in [0.25, 0.3) is 0 Å². The summed E-state index contributed by atoms with van der Waals surface area (Å²) in [5.41, 5.74) is 1.19. The van der Waals surface area contributed by atoms with Gasteiger partial charge in [0.25, 0.3) is 0 Å². The Kier molecular flexibility index (Phi) is 4.06. The third-order valence-electron chi connectivity index (χ3n) is 2.95. The number of hydrogen-bond donors (Lipinski definition) is 1. The lowest BCUT2D eigenvalue weighted by Gasteiger charge is -2.12. The highest BCUT2D eigenvalue weighted by Gasteiger charge is 2.14. The lowest BCUT2D eigenvalue weighted by molar-refractivity contribution is 0.524. The molecule has 1 N–H and O–H groups in total. The molecule has 1 aromatic rings. The van der Waals surface area contributed by atoms with Crippen LogP contribution in [0.2, 0.25) is 5.02 Å². The van der Waals surface area contributed by atoms with Crippen LogP contribution >= 0.6 is 27.5 Å². The van der Waals surface area contributed by atoms with Crippen molar-refractivity contribution in [2.45, 2.75) is 38.3 Å². The molecular formula is C12H15BrClN. The van der Waals surface area contributed by atoms with Gasteiger partial charge in [0.1, 0.15) is 0 Å². The topological polar surface area (TPSA) is 12.0 Å². The molecule has 15 heavy (non-hydrogen) atoms. The second-order valence-corrected chi connectivity index (χ2v) is 5.42. The molecule has 0 spiro atoms. The molecule has 0 amide bonds. The van der Waals surface area contributed by atoms with Crippen LogP contribution in [0.15, 0.2) is 22.7 Å². The van der Waals surface area contributed by atoms with Gasteiger partial charge in [-0.05, 0) is 30.5 Å². The van der Waals surface area contributed by atoms with Gasteiger partial charge in [0.05, 0.1) is 0 Å². The number of benzene rings is 1. The Morgan fingerprint density at radius 1 is 1.33 bits per heavy atom. The largest absolute Gasteiger partial charge is 0.310 e. The molecule has 0 bridgehead atoms. The highest BCUT2D eigenvalue weighted by Crippen LogP contribution is 2.23. The van der Waals surface area contributed by atoms with Crippen LogP contribution in [0.3, 0.4) is 0 Å². The monoisotopic (exact) mass is 287 g/mol. The Morgan fingerprint density at radius 3 is 2.73 bits per heavy atom. The number of hydrogen-bond acceptors (Lipinski definition) is 1. The number of rotatable bonds is 3. The van der Waals surface area contributed by atoms with Crippen molar-refractivity contribution >= 4 is 27.5 Å². The molecule has 0 aromatic heterocycles. The summed E-state index contributed by atoms with van der Waals surface area (Å²) >= 11 is 9.55. The molecule has 0 heterocycles. The molecule has 82 valence electrons. The Balaban J connectivity index is 1.92. The fourth-order valence-electron chi connectivity index (χ4n) is 2.05. The third kappa shape index (κ3) is 3.20. The smallest absolute Gasteiger partial charge is 0.0462 e. The summed E-state index contributed by atoms with van der Waals surface area (Å²) in [6.45, 7) is 0.886. The summed E-state index contributed by atoms with van der Waals surface area (Å²) in [6.07, 6.45) is 5.36. The first-order valence-electron chi connectivity index (χ1n) is 5.43. The average molecular weight is 289 g/mol. The van der Waals surface area contributed by atoms with Crippen molar-refractivity contribution in [3.8, 4) is 0 Å². The first-order valence-corrected chi connectivity index (χ1v) is 6.60. The third-order valence-corrected chi connectivity index (χ3v) is 3.80. The van der Waals surface area contributed by atoms with Gasteiger partial charge >= 0.3 is 0 Å². The Morgan fingerprint density at radius 2 is 2.07 bits per heavy atom. The first-order chi connectivity index (χ1) is 7.25. The maximum absolute atomic E-state index is 6.14. The minimum absolute atomic E-state index is 0.699. The van der Waals surface area contributed by atoms with Crippen molar-refractivity contribution in [1.82, 2.24) is 5.32 Å². The van der Waals surface area contributed by atoms with Crippen molar-refractivity contribution in [3.05, 3.63) is 33.3 Å². The second-order valence-electron chi connectivity index (χ2n) is 4.10. The van der Waals surface area contributed by atoms with Gasteiger partial charge < -0.3 is 5.32 Å².